The highest BCUT2D eigenvalue weighted by atomic mass is 16.5. The minimum atomic E-state index is 0.108. The Hall–Kier alpha value is -3.15. The number of ether oxygens (including phenoxy) is 1. The van der Waals surface area contributed by atoms with Gasteiger partial charge in [0.1, 0.15) is 0 Å². The Morgan fingerprint density at radius 2 is 2.13 bits per heavy atom. The molecule has 0 spiro atoms. The van der Waals surface area contributed by atoms with Crippen LogP contribution < -0.4 is 10.2 Å². The van der Waals surface area contributed by atoms with Gasteiger partial charge in [-0.25, -0.2) is 0 Å². The summed E-state index contributed by atoms with van der Waals surface area (Å²) < 4.78 is 5.35. The fourth-order valence-corrected chi connectivity index (χ4v) is 2.16. The molecule has 3 aromatic rings. The molecule has 1 aromatic heterocycles. The Morgan fingerprint density at radius 1 is 1.26 bits per heavy atom. The van der Waals surface area contributed by atoms with Crippen molar-refractivity contribution < 1.29 is 9.84 Å². The van der Waals surface area contributed by atoms with E-state index < -0.39 is 0 Å². The van der Waals surface area contributed by atoms with E-state index in [0.29, 0.717) is 18.2 Å². The normalized spacial score (nSPS) is 11.0. The first-order valence-electron chi connectivity index (χ1n) is 7.23. The first kappa shape index (κ1) is 14.8. The van der Waals surface area contributed by atoms with Gasteiger partial charge in [0.05, 0.1) is 19.0 Å². The lowest BCUT2D eigenvalue weighted by molar-refractivity contribution is 0.318. The smallest absolute Gasteiger partial charge is 0.176 e. The van der Waals surface area contributed by atoms with Crippen molar-refractivity contribution in [1.29, 1.82) is 0 Å². The summed E-state index contributed by atoms with van der Waals surface area (Å²) in [5.41, 5.74) is 3.69. The molecule has 0 radical (unpaired) electrons. The van der Waals surface area contributed by atoms with Crippen LogP contribution in [0, 0.1) is 0 Å². The number of nitrogens with zero attached hydrogens (tertiary/aromatic N) is 3. The van der Waals surface area contributed by atoms with Crippen molar-refractivity contribution in [1.82, 2.24) is 10.2 Å². The van der Waals surface area contributed by atoms with E-state index >= 15 is 0 Å². The number of phenols is 1. The SMILES string of the molecule is CCOc1cc(/C=N/Nc2nncc3ccccc23)ccc1O. The van der Waals surface area contributed by atoms with Crippen LogP contribution in [0.25, 0.3) is 10.8 Å². The van der Waals surface area contributed by atoms with Crippen LogP contribution in [0.1, 0.15) is 12.5 Å². The molecule has 0 saturated heterocycles. The van der Waals surface area contributed by atoms with Crippen LogP contribution in [0.3, 0.4) is 0 Å². The highest BCUT2D eigenvalue weighted by Gasteiger charge is 2.03. The summed E-state index contributed by atoms with van der Waals surface area (Å²) in [6.45, 7) is 2.35. The van der Waals surface area contributed by atoms with Gasteiger partial charge in [-0.15, -0.1) is 5.10 Å². The van der Waals surface area contributed by atoms with Gasteiger partial charge in [0, 0.05) is 10.8 Å². The molecule has 0 saturated carbocycles. The Balaban J connectivity index is 1.79. The number of anilines is 1. The number of rotatable bonds is 5. The summed E-state index contributed by atoms with van der Waals surface area (Å²) >= 11 is 0. The largest absolute Gasteiger partial charge is 0.504 e. The second-order valence-corrected chi connectivity index (χ2v) is 4.81. The average molecular weight is 308 g/mol. The first-order valence-corrected chi connectivity index (χ1v) is 7.23. The van der Waals surface area contributed by atoms with E-state index in [9.17, 15) is 5.11 Å². The van der Waals surface area contributed by atoms with Crippen LogP contribution in [0.4, 0.5) is 5.82 Å². The Labute approximate surface area is 133 Å². The van der Waals surface area contributed by atoms with Crippen molar-refractivity contribution >= 4 is 22.8 Å². The van der Waals surface area contributed by atoms with E-state index in [-0.39, 0.29) is 5.75 Å². The Bertz CT molecular complexity index is 844. The Kier molecular flexibility index (Phi) is 4.33. The zero-order valence-corrected chi connectivity index (χ0v) is 12.6. The number of hydrogen-bond donors (Lipinski definition) is 2. The molecule has 23 heavy (non-hydrogen) atoms. The molecular formula is C17H16N4O2. The highest BCUT2D eigenvalue weighted by Crippen LogP contribution is 2.26. The van der Waals surface area contributed by atoms with E-state index in [1.807, 2.05) is 31.2 Å². The van der Waals surface area contributed by atoms with Crippen LogP contribution in [-0.4, -0.2) is 28.1 Å². The molecule has 0 unspecified atom stereocenters. The van der Waals surface area contributed by atoms with E-state index in [1.54, 1.807) is 30.6 Å². The number of benzene rings is 2. The molecule has 0 bridgehead atoms. The van der Waals surface area contributed by atoms with Crippen molar-refractivity contribution in [2.75, 3.05) is 12.0 Å². The topological polar surface area (TPSA) is 79.6 Å². The predicted octanol–water partition coefficient (Wildman–Crippen LogP) is 3.18. The van der Waals surface area contributed by atoms with Crippen LogP contribution in [-0.2, 0) is 0 Å². The third-order valence-corrected chi connectivity index (χ3v) is 3.24. The molecule has 0 atom stereocenters. The van der Waals surface area contributed by atoms with Gasteiger partial charge < -0.3 is 9.84 Å². The molecule has 0 amide bonds. The third-order valence-electron chi connectivity index (χ3n) is 3.24. The second-order valence-electron chi connectivity index (χ2n) is 4.81. The number of hydrazone groups is 1. The zero-order chi connectivity index (χ0) is 16.1. The van der Waals surface area contributed by atoms with Crippen LogP contribution >= 0.6 is 0 Å². The quantitative estimate of drug-likeness (QED) is 0.559. The number of hydrogen-bond acceptors (Lipinski definition) is 6. The second kappa shape index (κ2) is 6.74. The molecule has 0 aliphatic rings. The molecule has 1 heterocycles. The van der Waals surface area contributed by atoms with Gasteiger partial charge in [-0.2, -0.15) is 10.2 Å². The molecule has 116 valence electrons. The fraction of sp³-hybridized carbons (Fsp3) is 0.118. The van der Waals surface area contributed by atoms with E-state index in [2.05, 4.69) is 20.7 Å². The summed E-state index contributed by atoms with van der Waals surface area (Å²) in [5.74, 6) is 1.13. The van der Waals surface area contributed by atoms with Gasteiger partial charge in [-0.1, -0.05) is 24.3 Å². The lowest BCUT2D eigenvalue weighted by Crippen LogP contribution is -1.97. The molecular weight excluding hydrogens is 292 g/mol. The molecule has 0 fully saturated rings. The molecule has 6 nitrogen and oxygen atoms in total. The lowest BCUT2D eigenvalue weighted by atomic mass is 10.2. The van der Waals surface area contributed by atoms with E-state index in [4.69, 9.17) is 4.74 Å². The van der Waals surface area contributed by atoms with Crippen molar-refractivity contribution in [2.24, 2.45) is 5.10 Å². The molecule has 2 N–H and O–H groups in total. The maximum absolute atomic E-state index is 9.68. The minimum absolute atomic E-state index is 0.108. The number of aromatic nitrogens is 2. The number of aromatic hydroxyl groups is 1. The van der Waals surface area contributed by atoms with Gasteiger partial charge in [0.2, 0.25) is 0 Å². The molecule has 0 aliphatic heterocycles. The van der Waals surface area contributed by atoms with Gasteiger partial charge in [-0.3, -0.25) is 5.43 Å². The lowest BCUT2D eigenvalue weighted by Gasteiger charge is -2.06. The van der Waals surface area contributed by atoms with Crippen molar-refractivity contribution in [2.45, 2.75) is 6.92 Å². The van der Waals surface area contributed by atoms with Gasteiger partial charge in [0.15, 0.2) is 17.3 Å². The number of nitrogens with one attached hydrogen (secondary N) is 1. The average Bonchev–Trinajstić information content (AvgIpc) is 2.58. The standard InChI is InChI=1S/C17H16N4O2/c1-2-23-16-9-12(7-8-15(16)22)10-18-20-17-14-6-4-3-5-13(14)11-19-21-17/h3-11,22H,2H2,1H3,(H,20,21)/b18-10+. The number of fused-ring (bicyclic) bond motifs is 1. The van der Waals surface area contributed by atoms with Gasteiger partial charge in [-0.05, 0) is 30.7 Å². The van der Waals surface area contributed by atoms with Crippen LogP contribution in [0.15, 0.2) is 53.8 Å². The summed E-state index contributed by atoms with van der Waals surface area (Å²) in [4.78, 5) is 0. The first-order chi connectivity index (χ1) is 11.3. The van der Waals surface area contributed by atoms with Gasteiger partial charge >= 0.3 is 0 Å². The highest BCUT2D eigenvalue weighted by molar-refractivity contribution is 5.91. The summed E-state index contributed by atoms with van der Waals surface area (Å²) in [6.07, 6.45) is 3.34. The number of phenolic OH excluding ortho intramolecular Hbond substituents is 1. The Morgan fingerprint density at radius 3 is 3.00 bits per heavy atom. The van der Waals surface area contributed by atoms with Crippen LogP contribution in [0.2, 0.25) is 0 Å². The van der Waals surface area contributed by atoms with Crippen LogP contribution in [0.5, 0.6) is 11.5 Å². The maximum Gasteiger partial charge on any atom is 0.176 e. The third kappa shape index (κ3) is 3.37. The molecule has 6 heteroatoms. The van der Waals surface area contributed by atoms with E-state index in [0.717, 1.165) is 16.3 Å². The van der Waals surface area contributed by atoms with Crippen molar-refractivity contribution in [3.05, 3.63) is 54.2 Å². The van der Waals surface area contributed by atoms with Gasteiger partial charge in [0.25, 0.3) is 0 Å². The molecule has 2 aromatic carbocycles. The monoisotopic (exact) mass is 308 g/mol. The zero-order valence-electron chi connectivity index (χ0n) is 12.6. The minimum Gasteiger partial charge on any atom is -0.504 e. The summed E-state index contributed by atoms with van der Waals surface area (Å²) in [5, 5.41) is 23.8. The molecule has 3 rings (SSSR count). The predicted molar refractivity (Wildman–Crippen MR) is 90.0 cm³/mol. The van der Waals surface area contributed by atoms with Crippen molar-refractivity contribution in [3.63, 3.8) is 0 Å². The maximum atomic E-state index is 9.68. The van der Waals surface area contributed by atoms with Crippen molar-refractivity contribution in [3.8, 4) is 11.5 Å². The van der Waals surface area contributed by atoms with E-state index in [1.165, 1.54) is 0 Å². The fourth-order valence-electron chi connectivity index (χ4n) is 2.16. The summed E-state index contributed by atoms with van der Waals surface area (Å²) in [7, 11) is 0. The summed E-state index contributed by atoms with van der Waals surface area (Å²) in [6, 6.07) is 12.8. The molecule has 0 aliphatic carbocycles.